The van der Waals surface area contributed by atoms with Crippen LogP contribution in [0.5, 0.6) is 17.2 Å². The van der Waals surface area contributed by atoms with E-state index in [1.807, 2.05) is 54.6 Å². The van der Waals surface area contributed by atoms with Gasteiger partial charge in [-0.3, -0.25) is 4.79 Å². The van der Waals surface area contributed by atoms with Crippen molar-refractivity contribution in [3.63, 3.8) is 0 Å². The highest BCUT2D eigenvalue weighted by Crippen LogP contribution is 2.31. The fraction of sp³-hybridized carbons (Fsp3) is 0.0833. The van der Waals surface area contributed by atoms with Crippen molar-refractivity contribution < 1.29 is 14.3 Å². The summed E-state index contributed by atoms with van der Waals surface area (Å²) < 4.78 is 12.7. The minimum absolute atomic E-state index is 0.261. The molecule has 6 nitrogen and oxygen atoms in total. The van der Waals surface area contributed by atoms with Crippen LogP contribution in [0.3, 0.4) is 0 Å². The number of rotatable bonds is 6. The summed E-state index contributed by atoms with van der Waals surface area (Å²) in [6, 6.07) is 23.9. The van der Waals surface area contributed by atoms with Crippen LogP contribution < -0.4 is 14.8 Å². The molecule has 1 heterocycles. The van der Waals surface area contributed by atoms with Crippen molar-refractivity contribution in [1.29, 1.82) is 0 Å². The molecular weight excluding hydrogens is 414 g/mol. The van der Waals surface area contributed by atoms with Crippen molar-refractivity contribution in [1.82, 2.24) is 9.78 Å². The number of aromatic nitrogens is 2. The number of methoxy groups -OCH3 is 1. The molecule has 4 aromatic rings. The van der Waals surface area contributed by atoms with Gasteiger partial charge in [-0.1, -0.05) is 41.9 Å². The summed E-state index contributed by atoms with van der Waals surface area (Å²) in [6.45, 7) is 1.75. The lowest BCUT2D eigenvalue weighted by Gasteiger charge is -2.11. The van der Waals surface area contributed by atoms with Crippen molar-refractivity contribution >= 4 is 23.2 Å². The first-order chi connectivity index (χ1) is 15.1. The molecule has 0 aliphatic heterocycles. The van der Waals surface area contributed by atoms with Gasteiger partial charge in [-0.2, -0.15) is 5.10 Å². The lowest BCUT2D eigenvalue weighted by molar-refractivity contribution is 0.102. The van der Waals surface area contributed by atoms with Crippen LogP contribution >= 0.6 is 11.6 Å². The van der Waals surface area contributed by atoms with Gasteiger partial charge in [0.15, 0.2) is 11.5 Å². The first-order valence-corrected chi connectivity index (χ1v) is 9.97. The summed E-state index contributed by atoms with van der Waals surface area (Å²) in [5, 5.41) is 7.54. The third-order valence-corrected chi connectivity index (χ3v) is 4.99. The summed E-state index contributed by atoms with van der Waals surface area (Å²) in [5.41, 5.74) is 2.27. The van der Waals surface area contributed by atoms with Crippen LogP contribution in [-0.4, -0.2) is 22.8 Å². The molecule has 156 valence electrons. The van der Waals surface area contributed by atoms with Gasteiger partial charge in [-0.15, -0.1) is 0 Å². The lowest BCUT2D eigenvalue weighted by Crippen LogP contribution is -2.13. The third kappa shape index (κ3) is 4.39. The Bertz CT molecular complexity index is 1200. The fourth-order valence-electron chi connectivity index (χ4n) is 3.13. The zero-order valence-electron chi connectivity index (χ0n) is 17.0. The van der Waals surface area contributed by atoms with Gasteiger partial charge in [0.1, 0.15) is 16.5 Å². The maximum absolute atomic E-state index is 12.9. The van der Waals surface area contributed by atoms with E-state index in [0.29, 0.717) is 34.2 Å². The number of halogens is 1. The molecule has 4 rings (SSSR count). The average Bonchev–Trinajstić information content (AvgIpc) is 3.10. The van der Waals surface area contributed by atoms with Gasteiger partial charge in [0, 0.05) is 5.69 Å². The Morgan fingerprint density at radius 1 is 0.935 bits per heavy atom. The number of anilines is 1. The number of aryl methyl sites for hydroxylation is 1. The van der Waals surface area contributed by atoms with E-state index in [1.165, 1.54) is 0 Å². The Morgan fingerprint density at radius 2 is 1.58 bits per heavy atom. The molecule has 0 unspecified atom stereocenters. The molecular formula is C24H20ClN3O3. The van der Waals surface area contributed by atoms with Crippen LogP contribution in [0.4, 0.5) is 5.69 Å². The van der Waals surface area contributed by atoms with Crippen LogP contribution in [0.2, 0.25) is 5.15 Å². The molecule has 31 heavy (non-hydrogen) atoms. The van der Waals surface area contributed by atoms with Gasteiger partial charge >= 0.3 is 0 Å². The normalized spacial score (nSPS) is 10.5. The molecule has 1 aromatic heterocycles. The highest BCUT2D eigenvalue weighted by atomic mass is 35.5. The Labute approximate surface area is 185 Å². The second-order valence-corrected chi connectivity index (χ2v) is 7.09. The summed E-state index contributed by atoms with van der Waals surface area (Å²) in [6.07, 6.45) is 0. The van der Waals surface area contributed by atoms with Crippen LogP contribution in [0.25, 0.3) is 5.69 Å². The van der Waals surface area contributed by atoms with Gasteiger partial charge in [-0.25, -0.2) is 4.68 Å². The van der Waals surface area contributed by atoms with Gasteiger partial charge in [-0.05, 0) is 55.5 Å². The lowest BCUT2D eigenvalue weighted by atomic mass is 10.2. The third-order valence-electron chi connectivity index (χ3n) is 4.64. The zero-order chi connectivity index (χ0) is 21.8. The number of para-hydroxylation sites is 3. The molecule has 1 amide bonds. The quantitative estimate of drug-likeness (QED) is 0.412. The summed E-state index contributed by atoms with van der Waals surface area (Å²) >= 11 is 6.48. The predicted octanol–water partition coefficient (Wildman–Crippen LogP) is 5.89. The molecule has 0 radical (unpaired) electrons. The largest absolute Gasteiger partial charge is 0.493 e. The SMILES string of the molecule is COc1ccccc1Oc1ccc(NC(=O)c2c(C)nn(-c3ccccc3)c2Cl)cc1. The van der Waals surface area contributed by atoms with E-state index in [0.717, 1.165) is 5.69 Å². The number of amides is 1. The van der Waals surface area contributed by atoms with Crippen molar-refractivity contribution in [3.05, 3.63) is 95.3 Å². The smallest absolute Gasteiger partial charge is 0.260 e. The predicted molar refractivity (Wildman–Crippen MR) is 121 cm³/mol. The summed E-state index contributed by atoms with van der Waals surface area (Å²) in [5.74, 6) is 1.54. The van der Waals surface area contributed by atoms with Gasteiger partial charge < -0.3 is 14.8 Å². The van der Waals surface area contributed by atoms with Crippen LogP contribution in [0, 0.1) is 6.92 Å². The topological polar surface area (TPSA) is 65.4 Å². The zero-order valence-corrected chi connectivity index (χ0v) is 17.8. The van der Waals surface area contributed by atoms with E-state index < -0.39 is 0 Å². The van der Waals surface area contributed by atoms with Gasteiger partial charge in [0.05, 0.1) is 18.5 Å². The maximum atomic E-state index is 12.9. The number of carbonyl (C=O) groups excluding carboxylic acids is 1. The molecule has 0 spiro atoms. The number of ether oxygens (including phenoxy) is 2. The molecule has 3 aromatic carbocycles. The molecule has 0 bridgehead atoms. The van der Waals surface area contributed by atoms with Gasteiger partial charge in [0.25, 0.3) is 5.91 Å². The standard InChI is InChI=1S/C24H20ClN3O3/c1-16-22(23(25)28(27-16)18-8-4-3-5-9-18)24(29)26-17-12-14-19(15-13-17)31-21-11-7-6-10-20(21)30-2/h3-15H,1-2H3,(H,26,29). The number of nitrogens with one attached hydrogen (secondary N) is 1. The monoisotopic (exact) mass is 433 g/mol. The Hall–Kier alpha value is -3.77. The first kappa shape index (κ1) is 20.5. The molecule has 0 saturated carbocycles. The second-order valence-electron chi connectivity index (χ2n) is 6.73. The van der Waals surface area contributed by atoms with Crippen molar-refractivity contribution in [3.8, 4) is 22.9 Å². The Morgan fingerprint density at radius 3 is 2.26 bits per heavy atom. The van der Waals surface area contributed by atoms with Crippen molar-refractivity contribution in [2.24, 2.45) is 0 Å². The number of hydrogen-bond acceptors (Lipinski definition) is 4. The average molecular weight is 434 g/mol. The van der Waals surface area contributed by atoms with E-state index in [9.17, 15) is 4.79 Å². The maximum Gasteiger partial charge on any atom is 0.260 e. The Kier molecular flexibility index (Phi) is 5.91. The second kappa shape index (κ2) is 8.93. The highest BCUT2D eigenvalue weighted by molar-refractivity contribution is 6.34. The van der Waals surface area contributed by atoms with Crippen molar-refractivity contribution in [2.75, 3.05) is 12.4 Å². The summed E-state index contributed by atoms with van der Waals surface area (Å²) in [4.78, 5) is 12.9. The first-order valence-electron chi connectivity index (χ1n) is 9.59. The minimum atomic E-state index is -0.330. The van der Waals surface area contributed by atoms with E-state index >= 15 is 0 Å². The van der Waals surface area contributed by atoms with E-state index in [4.69, 9.17) is 21.1 Å². The number of carbonyl (C=O) groups is 1. The molecule has 0 aliphatic carbocycles. The molecule has 0 fully saturated rings. The van der Waals surface area contributed by atoms with Crippen LogP contribution in [0.1, 0.15) is 16.1 Å². The minimum Gasteiger partial charge on any atom is -0.493 e. The number of nitrogens with zero attached hydrogens (tertiary/aromatic N) is 2. The molecule has 0 saturated heterocycles. The van der Waals surface area contributed by atoms with Crippen LogP contribution in [0.15, 0.2) is 78.9 Å². The number of benzene rings is 3. The van der Waals surface area contributed by atoms with Gasteiger partial charge in [0.2, 0.25) is 0 Å². The van der Waals surface area contributed by atoms with Crippen LogP contribution in [-0.2, 0) is 0 Å². The number of hydrogen-bond donors (Lipinski definition) is 1. The molecule has 7 heteroatoms. The fourth-order valence-corrected chi connectivity index (χ4v) is 3.49. The molecule has 0 atom stereocenters. The highest BCUT2D eigenvalue weighted by Gasteiger charge is 2.21. The van der Waals surface area contributed by atoms with E-state index in [1.54, 1.807) is 43.0 Å². The van der Waals surface area contributed by atoms with Crippen molar-refractivity contribution in [2.45, 2.75) is 6.92 Å². The van der Waals surface area contributed by atoms with E-state index in [-0.39, 0.29) is 11.1 Å². The summed E-state index contributed by atoms with van der Waals surface area (Å²) in [7, 11) is 1.59. The van der Waals surface area contributed by atoms with E-state index in [2.05, 4.69) is 10.4 Å². The molecule has 1 N–H and O–H groups in total. The molecule has 0 aliphatic rings. The Balaban J connectivity index is 1.50.